The molecule has 0 aromatic heterocycles. The van der Waals surface area contributed by atoms with Crippen LogP contribution in [0.25, 0.3) is 0 Å². The van der Waals surface area contributed by atoms with Crippen molar-refractivity contribution >= 4 is 0 Å². The Bertz CT molecular complexity index is 48.1. The lowest BCUT2D eigenvalue weighted by atomic mass is 10.1. The Morgan fingerprint density at radius 2 is 2.43 bits per heavy atom. The summed E-state index contributed by atoms with van der Waals surface area (Å²) in [6.07, 6.45) is 4.46. The molecule has 0 aromatic carbocycles. The molecule has 1 aliphatic heterocycles. The van der Waals surface area contributed by atoms with Gasteiger partial charge in [0.15, 0.2) is 0 Å². The molecule has 0 spiro atoms. The van der Waals surface area contributed by atoms with Gasteiger partial charge < -0.3 is 4.74 Å². The second-order valence-electron chi connectivity index (χ2n) is 2.07. The van der Waals surface area contributed by atoms with E-state index in [2.05, 4.69) is 6.92 Å². The lowest BCUT2D eigenvalue weighted by molar-refractivity contribution is -0.0546. The third-order valence-corrected chi connectivity index (χ3v) is 1.40. The summed E-state index contributed by atoms with van der Waals surface area (Å²) in [5.41, 5.74) is 0. The SMILES string of the molecule is CCC[C@H]1CCO1. The maximum Gasteiger partial charge on any atom is 0.0597 e. The Hall–Kier alpha value is -0.0400. The van der Waals surface area contributed by atoms with Gasteiger partial charge in [-0.3, -0.25) is 0 Å². The van der Waals surface area contributed by atoms with Gasteiger partial charge in [-0.2, -0.15) is 0 Å². The van der Waals surface area contributed by atoms with Gasteiger partial charge in [-0.25, -0.2) is 0 Å². The molecule has 0 unspecified atom stereocenters. The van der Waals surface area contributed by atoms with Gasteiger partial charge in [0, 0.05) is 6.61 Å². The minimum absolute atomic E-state index is 0.630. The van der Waals surface area contributed by atoms with E-state index in [-0.39, 0.29) is 0 Å². The molecular weight excluding hydrogens is 88.1 g/mol. The van der Waals surface area contributed by atoms with Crippen molar-refractivity contribution in [2.24, 2.45) is 0 Å². The van der Waals surface area contributed by atoms with Crippen molar-refractivity contribution in [3.8, 4) is 0 Å². The van der Waals surface area contributed by atoms with Crippen LogP contribution in [0.2, 0.25) is 0 Å². The highest BCUT2D eigenvalue weighted by atomic mass is 16.5. The van der Waals surface area contributed by atoms with Gasteiger partial charge in [0.05, 0.1) is 6.10 Å². The molecule has 1 heteroatoms. The highest BCUT2D eigenvalue weighted by Gasteiger charge is 2.15. The third kappa shape index (κ3) is 1.16. The first-order valence-electron chi connectivity index (χ1n) is 3.05. The first kappa shape index (κ1) is 5.10. The third-order valence-electron chi connectivity index (χ3n) is 1.40. The molecule has 1 rings (SSSR count). The molecule has 0 radical (unpaired) electrons. The molecule has 0 N–H and O–H groups in total. The molecule has 1 fully saturated rings. The molecule has 1 nitrogen and oxygen atoms in total. The van der Waals surface area contributed by atoms with Crippen LogP contribution in [-0.4, -0.2) is 12.7 Å². The zero-order valence-corrected chi connectivity index (χ0v) is 4.81. The van der Waals surface area contributed by atoms with E-state index < -0.39 is 0 Å². The van der Waals surface area contributed by atoms with Gasteiger partial charge in [-0.15, -0.1) is 0 Å². The lowest BCUT2D eigenvalue weighted by Gasteiger charge is -2.25. The van der Waals surface area contributed by atoms with E-state index in [1.54, 1.807) is 0 Å². The lowest BCUT2D eigenvalue weighted by Crippen LogP contribution is -2.25. The van der Waals surface area contributed by atoms with E-state index in [1.807, 2.05) is 0 Å². The largest absolute Gasteiger partial charge is 0.378 e. The van der Waals surface area contributed by atoms with E-state index >= 15 is 0 Å². The topological polar surface area (TPSA) is 9.23 Å². The summed E-state index contributed by atoms with van der Waals surface area (Å²) >= 11 is 0. The molecule has 1 saturated heterocycles. The normalized spacial score (nSPS) is 29.6. The quantitative estimate of drug-likeness (QED) is 0.512. The van der Waals surface area contributed by atoms with Crippen LogP contribution in [0.3, 0.4) is 0 Å². The molecule has 0 aliphatic carbocycles. The molecule has 0 aromatic rings. The van der Waals surface area contributed by atoms with Crippen molar-refractivity contribution in [2.45, 2.75) is 32.3 Å². The fourth-order valence-electron chi connectivity index (χ4n) is 0.834. The van der Waals surface area contributed by atoms with Crippen LogP contribution in [0, 0.1) is 0 Å². The van der Waals surface area contributed by atoms with Crippen LogP contribution >= 0.6 is 0 Å². The van der Waals surface area contributed by atoms with Gasteiger partial charge in [0.2, 0.25) is 0 Å². The summed E-state index contributed by atoms with van der Waals surface area (Å²) in [5, 5.41) is 0. The van der Waals surface area contributed by atoms with Gasteiger partial charge in [-0.05, 0) is 12.8 Å². The van der Waals surface area contributed by atoms with Crippen molar-refractivity contribution < 1.29 is 4.74 Å². The second-order valence-corrected chi connectivity index (χ2v) is 2.07. The number of rotatable bonds is 2. The standard InChI is InChI=1S/C6H12O/c1-2-3-6-4-5-7-6/h6H,2-5H2,1H3/t6-/m0/s1. The Labute approximate surface area is 44.7 Å². The van der Waals surface area contributed by atoms with Crippen LogP contribution in [0.5, 0.6) is 0 Å². The van der Waals surface area contributed by atoms with E-state index in [0.29, 0.717) is 6.10 Å². The predicted molar refractivity (Wildman–Crippen MR) is 29.3 cm³/mol. The zero-order valence-electron chi connectivity index (χ0n) is 4.81. The van der Waals surface area contributed by atoms with E-state index in [1.165, 1.54) is 19.3 Å². The van der Waals surface area contributed by atoms with E-state index in [9.17, 15) is 0 Å². The van der Waals surface area contributed by atoms with Crippen molar-refractivity contribution in [3.63, 3.8) is 0 Å². The summed E-state index contributed by atoms with van der Waals surface area (Å²) in [5.74, 6) is 0. The minimum Gasteiger partial charge on any atom is -0.378 e. The molecule has 42 valence electrons. The smallest absolute Gasteiger partial charge is 0.0597 e. The Balaban J connectivity index is 1.93. The molecule has 0 saturated carbocycles. The summed E-state index contributed by atoms with van der Waals surface area (Å²) in [6, 6.07) is 0. The summed E-state index contributed by atoms with van der Waals surface area (Å²) in [7, 11) is 0. The second kappa shape index (κ2) is 2.31. The maximum absolute atomic E-state index is 5.17. The predicted octanol–water partition coefficient (Wildman–Crippen LogP) is 1.58. The number of hydrogen-bond acceptors (Lipinski definition) is 1. The van der Waals surface area contributed by atoms with Crippen molar-refractivity contribution in [1.82, 2.24) is 0 Å². The van der Waals surface area contributed by atoms with Gasteiger partial charge in [0.1, 0.15) is 0 Å². The Morgan fingerprint density at radius 1 is 1.71 bits per heavy atom. The maximum atomic E-state index is 5.17. The number of hydrogen-bond donors (Lipinski definition) is 0. The summed E-state index contributed by atoms with van der Waals surface area (Å²) in [4.78, 5) is 0. The summed E-state index contributed by atoms with van der Waals surface area (Å²) in [6.45, 7) is 3.20. The molecule has 1 atom stereocenters. The van der Waals surface area contributed by atoms with Crippen molar-refractivity contribution in [1.29, 1.82) is 0 Å². The fourth-order valence-corrected chi connectivity index (χ4v) is 0.834. The molecule has 1 aliphatic rings. The highest BCUT2D eigenvalue weighted by molar-refractivity contribution is 4.64. The van der Waals surface area contributed by atoms with Crippen LogP contribution < -0.4 is 0 Å². The fraction of sp³-hybridized carbons (Fsp3) is 1.00. The van der Waals surface area contributed by atoms with Crippen LogP contribution in [-0.2, 0) is 4.74 Å². The number of ether oxygens (including phenoxy) is 1. The van der Waals surface area contributed by atoms with Gasteiger partial charge in [-0.1, -0.05) is 13.3 Å². The zero-order chi connectivity index (χ0) is 5.11. The Morgan fingerprint density at radius 3 is 2.57 bits per heavy atom. The van der Waals surface area contributed by atoms with Crippen LogP contribution in [0.4, 0.5) is 0 Å². The Kier molecular flexibility index (Phi) is 1.69. The van der Waals surface area contributed by atoms with Gasteiger partial charge in [0.25, 0.3) is 0 Å². The monoisotopic (exact) mass is 100 g/mol. The van der Waals surface area contributed by atoms with Crippen molar-refractivity contribution in [3.05, 3.63) is 0 Å². The molecular formula is C6H12O. The average Bonchev–Trinajstić information content (AvgIpc) is 1.55. The molecule has 0 amide bonds. The van der Waals surface area contributed by atoms with Crippen LogP contribution in [0.15, 0.2) is 0 Å². The molecule has 0 bridgehead atoms. The summed E-state index contributed by atoms with van der Waals surface area (Å²) < 4.78 is 5.17. The molecule has 7 heavy (non-hydrogen) atoms. The molecule has 1 heterocycles. The van der Waals surface area contributed by atoms with Crippen molar-refractivity contribution in [2.75, 3.05) is 6.61 Å². The van der Waals surface area contributed by atoms with Crippen LogP contribution in [0.1, 0.15) is 26.2 Å². The minimum atomic E-state index is 0.630. The first-order chi connectivity index (χ1) is 3.43. The van der Waals surface area contributed by atoms with Gasteiger partial charge >= 0.3 is 0 Å². The first-order valence-corrected chi connectivity index (χ1v) is 3.05. The van der Waals surface area contributed by atoms with E-state index in [0.717, 1.165) is 6.61 Å². The average molecular weight is 100 g/mol. The highest BCUT2D eigenvalue weighted by Crippen LogP contribution is 2.15. The van der Waals surface area contributed by atoms with E-state index in [4.69, 9.17) is 4.74 Å².